The SMILES string of the molecule is O=C(Nc1ccc(F)cc1)NC1C(=O)NCC1c1cc2c(cc1F)C(=O)CC2. The number of halogens is 2. The van der Waals surface area contributed by atoms with Gasteiger partial charge in [-0.1, -0.05) is 6.07 Å². The van der Waals surface area contributed by atoms with E-state index in [4.69, 9.17) is 0 Å². The molecule has 1 fully saturated rings. The Hall–Kier alpha value is -3.29. The van der Waals surface area contributed by atoms with Gasteiger partial charge in [-0.15, -0.1) is 0 Å². The zero-order chi connectivity index (χ0) is 19.8. The second-order valence-electron chi connectivity index (χ2n) is 6.89. The number of Topliss-reactive ketones (excluding diaryl/α,β-unsaturated/α-hetero) is 1. The van der Waals surface area contributed by atoms with E-state index < -0.39 is 35.5 Å². The van der Waals surface area contributed by atoms with Gasteiger partial charge in [0.1, 0.15) is 17.7 Å². The van der Waals surface area contributed by atoms with Gasteiger partial charge < -0.3 is 16.0 Å². The number of carbonyl (C=O) groups excluding carboxylic acids is 3. The maximum atomic E-state index is 14.6. The zero-order valence-electron chi connectivity index (χ0n) is 14.7. The molecule has 2 atom stereocenters. The Kier molecular flexibility index (Phi) is 4.54. The predicted molar refractivity (Wildman–Crippen MR) is 97.1 cm³/mol. The van der Waals surface area contributed by atoms with E-state index >= 15 is 0 Å². The van der Waals surface area contributed by atoms with E-state index in [1.165, 1.54) is 30.3 Å². The molecule has 4 rings (SSSR count). The summed E-state index contributed by atoms with van der Waals surface area (Å²) >= 11 is 0. The average Bonchev–Trinajstić information content (AvgIpc) is 3.20. The summed E-state index contributed by atoms with van der Waals surface area (Å²) in [5, 5.41) is 7.70. The topological polar surface area (TPSA) is 87.3 Å². The van der Waals surface area contributed by atoms with Gasteiger partial charge in [0, 0.05) is 30.1 Å². The Morgan fingerprint density at radius 3 is 2.57 bits per heavy atom. The second-order valence-corrected chi connectivity index (χ2v) is 6.89. The van der Waals surface area contributed by atoms with Crippen LogP contribution >= 0.6 is 0 Å². The molecule has 1 saturated heterocycles. The maximum Gasteiger partial charge on any atom is 0.319 e. The molecule has 3 N–H and O–H groups in total. The molecule has 2 unspecified atom stereocenters. The van der Waals surface area contributed by atoms with Gasteiger partial charge in [0.25, 0.3) is 0 Å². The van der Waals surface area contributed by atoms with E-state index in [-0.39, 0.29) is 12.3 Å². The molecule has 2 aliphatic rings. The van der Waals surface area contributed by atoms with Crippen molar-refractivity contribution >= 4 is 23.4 Å². The number of fused-ring (bicyclic) bond motifs is 1. The summed E-state index contributed by atoms with van der Waals surface area (Å²) in [5.41, 5.74) is 1.79. The van der Waals surface area contributed by atoms with Crippen LogP contribution in [0.2, 0.25) is 0 Å². The van der Waals surface area contributed by atoms with E-state index in [2.05, 4.69) is 16.0 Å². The molecule has 8 heteroatoms. The fourth-order valence-corrected chi connectivity index (χ4v) is 3.69. The highest BCUT2D eigenvalue weighted by Gasteiger charge is 2.39. The van der Waals surface area contributed by atoms with Gasteiger partial charge in [0.2, 0.25) is 5.91 Å². The standard InChI is InChI=1S/C20H17F2N3O3/c21-11-2-4-12(5-3-11)24-20(28)25-18-15(9-23-19(18)27)14-7-10-1-6-17(26)13(10)8-16(14)22/h2-5,7-8,15,18H,1,6,9H2,(H,23,27)(H2,24,25,28). The van der Waals surface area contributed by atoms with E-state index in [9.17, 15) is 23.2 Å². The highest BCUT2D eigenvalue weighted by molar-refractivity contribution is 6.00. The summed E-state index contributed by atoms with van der Waals surface area (Å²) in [6.07, 6.45) is 0.889. The van der Waals surface area contributed by atoms with Crippen LogP contribution in [0.25, 0.3) is 0 Å². The third-order valence-electron chi connectivity index (χ3n) is 5.11. The van der Waals surface area contributed by atoms with Crippen molar-refractivity contribution < 1.29 is 23.2 Å². The van der Waals surface area contributed by atoms with Crippen molar-refractivity contribution in [3.05, 3.63) is 64.7 Å². The number of urea groups is 1. The Morgan fingerprint density at radius 2 is 1.82 bits per heavy atom. The molecule has 1 aliphatic heterocycles. The predicted octanol–water partition coefficient (Wildman–Crippen LogP) is 2.50. The van der Waals surface area contributed by atoms with Gasteiger partial charge in [0.05, 0.1) is 0 Å². The number of anilines is 1. The van der Waals surface area contributed by atoms with Gasteiger partial charge >= 0.3 is 6.03 Å². The summed E-state index contributed by atoms with van der Waals surface area (Å²) in [7, 11) is 0. The summed E-state index contributed by atoms with van der Waals surface area (Å²) in [6.45, 7) is 0.171. The third-order valence-corrected chi connectivity index (χ3v) is 5.11. The smallest absolute Gasteiger partial charge is 0.319 e. The lowest BCUT2D eigenvalue weighted by Gasteiger charge is -2.20. The van der Waals surface area contributed by atoms with Crippen LogP contribution in [0, 0.1) is 11.6 Å². The summed E-state index contributed by atoms with van der Waals surface area (Å²) in [5.74, 6) is -2.12. The normalized spacial score (nSPS) is 20.6. The van der Waals surface area contributed by atoms with Gasteiger partial charge in [-0.3, -0.25) is 9.59 Å². The van der Waals surface area contributed by atoms with Crippen molar-refractivity contribution in [3.8, 4) is 0 Å². The molecule has 1 aliphatic carbocycles. The van der Waals surface area contributed by atoms with Crippen molar-refractivity contribution in [2.24, 2.45) is 0 Å². The lowest BCUT2D eigenvalue weighted by atomic mass is 9.91. The molecular weight excluding hydrogens is 368 g/mol. The first-order chi connectivity index (χ1) is 13.4. The van der Waals surface area contributed by atoms with E-state index in [0.29, 0.717) is 29.7 Å². The van der Waals surface area contributed by atoms with Crippen LogP contribution in [0.1, 0.15) is 33.8 Å². The lowest BCUT2D eigenvalue weighted by molar-refractivity contribution is -0.120. The minimum atomic E-state index is -0.967. The van der Waals surface area contributed by atoms with Crippen molar-refractivity contribution in [2.45, 2.75) is 24.8 Å². The first-order valence-electron chi connectivity index (χ1n) is 8.88. The van der Waals surface area contributed by atoms with Crippen LogP contribution in [0.3, 0.4) is 0 Å². The molecule has 0 bridgehead atoms. The number of hydrogen-bond acceptors (Lipinski definition) is 3. The average molecular weight is 385 g/mol. The van der Waals surface area contributed by atoms with Crippen molar-refractivity contribution in [2.75, 3.05) is 11.9 Å². The molecule has 3 amide bonds. The molecule has 2 aromatic rings. The molecule has 144 valence electrons. The summed E-state index contributed by atoms with van der Waals surface area (Å²) < 4.78 is 27.6. The maximum absolute atomic E-state index is 14.6. The molecule has 0 saturated carbocycles. The number of amides is 3. The second kappa shape index (κ2) is 7.03. The highest BCUT2D eigenvalue weighted by atomic mass is 19.1. The number of nitrogens with one attached hydrogen (secondary N) is 3. The Morgan fingerprint density at radius 1 is 1.07 bits per heavy atom. The molecule has 28 heavy (non-hydrogen) atoms. The van der Waals surface area contributed by atoms with Gasteiger partial charge in [-0.05, 0) is 47.9 Å². The Labute approximate surface area is 159 Å². The van der Waals surface area contributed by atoms with Crippen LogP contribution in [0.15, 0.2) is 36.4 Å². The molecular formula is C20H17F2N3O3. The molecule has 0 spiro atoms. The van der Waals surface area contributed by atoms with E-state index in [1.54, 1.807) is 6.07 Å². The number of carbonyl (C=O) groups is 3. The van der Waals surface area contributed by atoms with Crippen LogP contribution in [-0.2, 0) is 11.2 Å². The number of aryl methyl sites for hydroxylation is 1. The van der Waals surface area contributed by atoms with Crippen molar-refractivity contribution in [1.29, 1.82) is 0 Å². The van der Waals surface area contributed by atoms with Crippen molar-refractivity contribution in [1.82, 2.24) is 10.6 Å². The van der Waals surface area contributed by atoms with Gasteiger partial charge in [-0.25, -0.2) is 13.6 Å². The third kappa shape index (κ3) is 3.33. The van der Waals surface area contributed by atoms with Gasteiger partial charge in [-0.2, -0.15) is 0 Å². The molecule has 0 aromatic heterocycles. The number of ketones is 1. The van der Waals surface area contributed by atoms with Gasteiger partial charge in [0.15, 0.2) is 5.78 Å². The van der Waals surface area contributed by atoms with E-state index in [0.717, 1.165) is 5.56 Å². The fourth-order valence-electron chi connectivity index (χ4n) is 3.69. The van der Waals surface area contributed by atoms with E-state index in [1.807, 2.05) is 0 Å². The first kappa shape index (κ1) is 18.1. The molecule has 6 nitrogen and oxygen atoms in total. The quantitative estimate of drug-likeness (QED) is 0.759. The largest absolute Gasteiger partial charge is 0.354 e. The van der Waals surface area contributed by atoms with Crippen LogP contribution < -0.4 is 16.0 Å². The zero-order valence-corrected chi connectivity index (χ0v) is 14.7. The molecule has 1 heterocycles. The van der Waals surface area contributed by atoms with Crippen molar-refractivity contribution in [3.63, 3.8) is 0 Å². The minimum Gasteiger partial charge on any atom is -0.354 e. The first-order valence-corrected chi connectivity index (χ1v) is 8.88. The summed E-state index contributed by atoms with van der Waals surface area (Å²) in [4.78, 5) is 36.2. The Bertz CT molecular complexity index is 975. The minimum absolute atomic E-state index is 0.0885. The highest BCUT2D eigenvalue weighted by Crippen LogP contribution is 2.32. The monoisotopic (exact) mass is 385 g/mol. The van der Waals surface area contributed by atoms with Crippen LogP contribution in [0.5, 0.6) is 0 Å². The number of benzene rings is 2. The number of hydrogen-bond donors (Lipinski definition) is 3. The Balaban J connectivity index is 1.53. The fraction of sp³-hybridized carbons (Fsp3) is 0.250. The lowest BCUT2D eigenvalue weighted by Crippen LogP contribution is -2.44. The molecule has 2 aromatic carbocycles. The van der Waals surface area contributed by atoms with Crippen LogP contribution in [0.4, 0.5) is 19.3 Å². The number of rotatable bonds is 3. The molecule has 0 radical (unpaired) electrons. The summed E-state index contributed by atoms with van der Waals surface area (Å²) in [6, 6.07) is 6.38. The van der Waals surface area contributed by atoms with Crippen LogP contribution in [-0.4, -0.2) is 30.3 Å².